The summed E-state index contributed by atoms with van der Waals surface area (Å²) >= 11 is 0. The lowest BCUT2D eigenvalue weighted by Gasteiger charge is -2.11. The van der Waals surface area contributed by atoms with E-state index in [0.717, 1.165) is 29.5 Å². The van der Waals surface area contributed by atoms with Crippen molar-refractivity contribution < 1.29 is 4.42 Å². The quantitative estimate of drug-likeness (QED) is 0.695. The minimum absolute atomic E-state index is 0.240. The lowest BCUT2D eigenvalue weighted by Crippen LogP contribution is -2.37. The summed E-state index contributed by atoms with van der Waals surface area (Å²) in [7, 11) is 0. The first kappa shape index (κ1) is 10.3. The topological polar surface area (TPSA) is 55.1 Å². The Kier molecular flexibility index (Phi) is 2.55. The summed E-state index contributed by atoms with van der Waals surface area (Å²) in [6, 6.07) is 8.16. The highest BCUT2D eigenvalue weighted by Gasteiger charge is 2.15. The molecule has 0 spiro atoms. The molecule has 1 aromatic heterocycles. The number of rotatable bonds is 0. The largest absolute Gasteiger partial charge is 0.409 e. The molecule has 2 aromatic rings. The number of piperidine rings is 1. The standard InChI is InChI=1S/C13H15N3O/c14-13-15-12(16-8-4-1-5-9-16)10-6-2-3-7-11(10)17-13/h2-3,6-7,14H,1,4-5,8-9H2/p+1. The van der Waals surface area contributed by atoms with Crippen LogP contribution < -0.4 is 15.8 Å². The van der Waals surface area contributed by atoms with Crippen LogP contribution in [0, 0.1) is 0 Å². The van der Waals surface area contributed by atoms with E-state index in [2.05, 4.69) is 9.56 Å². The molecule has 1 fully saturated rings. The van der Waals surface area contributed by atoms with Crippen molar-refractivity contribution in [2.24, 2.45) is 0 Å². The van der Waals surface area contributed by atoms with Crippen molar-refractivity contribution >= 4 is 17.0 Å². The molecular weight excluding hydrogens is 214 g/mol. The van der Waals surface area contributed by atoms with Crippen LogP contribution in [0.1, 0.15) is 19.3 Å². The van der Waals surface area contributed by atoms with Crippen LogP contribution in [0.3, 0.4) is 0 Å². The van der Waals surface area contributed by atoms with E-state index in [4.69, 9.17) is 10.2 Å². The number of nitrogen functional groups attached to an aromatic ring is 1. The van der Waals surface area contributed by atoms with E-state index in [1.54, 1.807) is 0 Å². The Bertz CT molecular complexity index is 607. The summed E-state index contributed by atoms with van der Waals surface area (Å²) in [4.78, 5) is 4.36. The molecule has 0 unspecified atom stereocenters. The first-order valence-electron chi connectivity index (χ1n) is 6.08. The monoisotopic (exact) mass is 230 g/mol. The zero-order valence-corrected chi connectivity index (χ0v) is 9.72. The van der Waals surface area contributed by atoms with Gasteiger partial charge in [0.1, 0.15) is 11.0 Å². The Morgan fingerprint density at radius 2 is 1.88 bits per heavy atom. The zero-order chi connectivity index (χ0) is 11.7. The van der Waals surface area contributed by atoms with Gasteiger partial charge in [-0.3, -0.25) is 4.58 Å². The molecule has 0 saturated carbocycles. The van der Waals surface area contributed by atoms with Gasteiger partial charge in [-0.1, -0.05) is 12.1 Å². The summed E-state index contributed by atoms with van der Waals surface area (Å²) < 4.78 is 7.74. The maximum Gasteiger partial charge on any atom is 0.409 e. The minimum atomic E-state index is 0.240. The Balaban J connectivity index is 2.34. The maximum atomic E-state index is 5.73. The highest BCUT2D eigenvalue weighted by molar-refractivity contribution is 5.75. The highest BCUT2D eigenvalue weighted by Crippen LogP contribution is 2.11. The first-order chi connectivity index (χ1) is 8.34. The average molecular weight is 230 g/mol. The van der Waals surface area contributed by atoms with Crippen LogP contribution in [0.15, 0.2) is 28.7 Å². The molecule has 2 heterocycles. The Labute approximate surface area is 99.4 Å². The number of nitrogens with zero attached hydrogens (tertiary/aromatic N) is 2. The van der Waals surface area contributed by atoms with Crippen molar-refractivity contribution in [3.05, 3.63) is 29.8 Å². The Morgan fingerprint density at radius 3 is 2.71 bits per heavy atom. The van der Waals surface area contributed by atoms with E-state index >= 15 is 0 Å². The highest BCUT2D eigenvalue weighted by atomic mass is 16.4. The van der Waals surface area contributed by atoms with Gasteiger partial charge in [0.15, 0.2) is 0 Å². The number of nitrogens with two attached hydrogens (primary N) is 1. The summed E-state index contributed by atoms with van der Waals surface area (Å²) in [5, 5.41) is 1.05. The van der Waals surface area contributed by atoms with Crippen LogP contribution in [0.25, 0.3) is 11.0 Å². The van der Waals surface area contributed by atoms with Crippen LogP contribution in [-0.2, 0) is 0 Å². The number of hydrogen-bond donors (Lipinski definition) is 1. The Hall–Kier alpha value is -1.84. The predicted molar refractivity (Wildman–Crippen MR) is 67.3 cm³/mol. The fourth-order valence-electron chi connectivity index (χ4n) is 2.39. The van der Waals surface area contributed by atoms with Crippen molar-refractivity contribution in [3.63, 3.8) is 0 Å². The van der Waals surface area contributed by atoms with Crippen molar-refractivity contribution in [2.75, 3.05) is 18.8 Å². The van der Waals surface area contributed by atoms with Gasteiger partial charge < -0.3 is 10.2 Å². The molecule has 0 aliphatic carbocycles. The Morgan fingerprint density at radius 1 is 1.12 bits per heavy atom. The molecule has 0 bridgehead atoms. The second-order valence-electron chi connectivity index (χ2n) is 4.42. The lowest BCUT2D eigenvalue weighted by molar-refractivity contribution is 0.444. The molecule has 0 atom stereocenters. The van der Waals surface area contributed by atoms with Gasteiger partial charge in [0, 0.05) is 4.98 Å². The molecule has 88 valence electrons. The molecule has 3 rings (SSSR count). The SMILES string of the molecule is Nc1nc(=[N+]2CCCCC2)c2ccccc2o1. The third-order valence-electron chi connectivity index (χ3n) is 3.21. The molecule has 0 radical (unpaired) electrons. The third kappa shape index (κ3) is 1.90. The van der Waals surface area contributed by atoms with E-state index in [0.29, 0.717) is 0 Å². The minimum Gasteiger partial charge on any atom is -0.406 e. The summed E-state index contributed by atoms with van der Waals surface area (Å²) in [5.74, 6) is 0. The molecule has 1 aromatic carbocycles. The van der Waals surface area contributed by atoms with Gasteiger partial charge in [-0.25, -0.2) is 0 Å². The van der Waals surface area contributed by atoms with E-state index in [1.165, 1.54) is 19.3 Å². The maximum absolute atomic E-state index is 5.73. The van der Waals surface area contributed by atoms with Crippen LogP contribution in [0.5, 0.6) is 0 Å². The molecule has 4 heteroatoms. The molecule has 4 nitrogen and oxygen atoms in total. The number of hydrogen-bond acceptors (Lipinski definition) is 3. The van der Waals surface area contributed by atoms with E-state index < -0.39 is 0 Å². The van der Waals surface area contributed by atoms with Gasteiger partial charge in [-0.15, -0.1) is 0 Å². The molecular formula is C13H16N3O+. The number of benzene rings is 1. The number of fused-ring (bicyclic) bond motifs is 1. The lowest BCUT2D eigenvalue weighted by atomic mass is 10.1. The van der Waals surface area contributed by atoms with E-state index in [1.807, 2.05) is 24.3 Å². The van der Waals surface area contributed by atoms with Crippen LogP contribution in [0.2, 0.25) is 0 Å². The third-order valence-corrected chi connectivity index (χ3v) is 3.21. The van der Waals surface area contributed by atoms with Crippen molar-refractivity contribution in [2.45, 2.75) is 19.3 Å². The van der Waals surface area contributed by atoms with Crippen molar-refractivity contribution in [1.29, 1.82) is 0 Å². The molecule has 17 heavy (non-hydrogen) atoms. The molecule has 1 saturated heterocycles. The zero-order valence-electron chi connectivity index (χ0n) is 9.72. The fourth-order valence-corrected chi connectivity index (χ4v) is 2.39. The second-order valence-corrected chi connectivity index (χ2v) is 4.42. The summed E-state index contributed by atoms with van der Waals surface area (Å²) in [5.41, 5.74) is 7.50. The van der Waals surface area contributed by atoms with Gasteiger partial charge in [-0.2, -0.15) is 0 Å². The first-order valence-corrected chi connectivity index (χ1v) is 6.08. The molecule has 1 aliphatic heterocycles. The van der Waals surface area contributed by atoms with E-state index in [-0.39, 0.29) is 6.01 Å². The van der Waals surface area contributed by atoms with Gasteiger partial charge in [0.05, 0.1) is 13.1 Å². The van der Waals surface area contributed by atoms with Gasteiger partial charge in [-0.05, 0) is 31.4 Å². The number of para-hydroxylation sites is 1. The van der Waals surface area contributed by atoms with Gasteiger partial charge >= 0.3 is 11.5 Å². The van der Waals surface area contributed by atoms with Gasteiger partial charge in [0.25, 0.3) is 0 Å². The van der Waals surface area contributed by atoms with Crippen LogP contribution in [-0.4, -0.2) is 18.1 Å². The summed E-state index contributed by atoms with van der Waals surface area (Å²) in [6.07, 6.45) is 3.75. The summed E-state index contributed by atoms with van der Waals surface area (Å²) in [6.45, 7) is 2.11. The average Bonchev–Trinajstić information content (AvgIpc) is 2.39. The van der Waals surface area contributed by atoms with Gasteiger partial charge in [0.2, 0.25) is 0 Å². The smallest absolute Gasteiger partial charge is 0.406 e. The number of aromatic nitrogens is 1. The fraction of sp³-hybridized carbons (Fsp3) is 0.385. The molecule has 0 amide bonds. The second kappa shape index (κ2) is 4.20. The van der Waals surface area contributed by atoms with Crippen LogP contribution >= 0.6 is 0 Å². The van der Waals surface area contributed by atoms with E-state index in [9.17, 15) is 0 Å². The van der Waals surface area contributed by atoms with Crippen LogP contribution in [0.4, 0.5) is 6.01 Å². The predicted octanol–water partition coefficient (Wildman–Crippen LogP) is 1.37. The molecule has 1 aliphatic rings. The molecule has 2 N–H and O–H groups in total. The number of anilines is 1. The normalized spacial score (nSPS) is 16.4. The van der Waals surface area contributed by atoms with Crippen molar-refractivity contribution in [1.82, 2.24) is 9.56 Å². The van der Waals surface area contributed by atoms with Crippen molar-refractivity contribution in [3.8, 4) is 0 Å².